The third kappa shape index (κ3) is 1.01. The Balaban J connectivity index is 2.56. The Bertz CT molecular complexity index is 619. The first-order chi connectivity index (χ1) is 7.18. The first kappa shape index (κ1) is 8.66. The van der Waals surface area contributed by atoms with Gasteiger partial charge in [0.1, 0.15) is 11.0 Å². The van der Waals surface area contributed by atoms with Crippen LogP contribution in [0, 0.1) is 16.4 Å². The number of rotatable bonds is 0. The SMILES string of the molecule is Fc1c2c(c3[nH]c(=S)[nH]c3c1F)OCO2. The fraction of sp³-hybridized carbons (Fsp3) is 0.125. The highest BCUT2D eigenvalue weighted by Crippen LogP contribution is 2.41. The van der Waals surface area contributed by atoms with Gasteiger partial charge in [-0.25, -0.2) is 4.39 Å². The van der Waals surface area contributed by atoms with E-state index in [1.54, 1.807) is 0 Å². The molecule has 0 bridgehead atoms. The molecule has 0 radical (unpaired) electrons. The number of H-pyrrole nitrogens is 2. The third-order valence-corrected chi connectivity index (χ3v) is 2.38. The maximum Gasteiger partial charge on any atom is 0.231 e. The van der Waals surface area contributed by atoms with E-state index in [2.05, 4.69) is 9.97 Å². The minimum atomic E-state index is -1.07. The van der Waals surface area contributed by atoms with Gasteiger partial charge in [0, 0.05) is 0 Å². The van der Waals surface area contributed by atoms with Crippen molar-refractivity contribution in [2.45, 2.75) is 0 Å². The van der Waals surface area contributed by atoms with Crippen molar-refractivity contribution in [3.05, 3.63) is 16.4 Å². The van der Waals surface area contributed by atoms with Gasteiger partial charge in [0.05, 0.1) is 0 Å². The van der Waals surface area contributed by atoms with Crippen molar-refractivity contribution >= 4 is 23.3 Å². The number of halogens is 2. The van der Waals surface area contributed by atoms with E-state index in [1.165, 1.54) is 0 Å². The van der Waals surface area contributed by atoms with Crippen LogP contribution < -0.4 is 9.47 Å². The highest BCUT2D eigenvalue weighted by Gasteiger charge is 2.27. The Morgan fingerprint density at radius 3 is 2.47 bits per heavy atom. The zero-order valence-corrected chi connectivity index (χ0v) is 8.00. The molecule has 1 aromatic heterocycles. The second-order valence-corrected chi connectivity index (χ2v) is 3.43. The minimum Gasteiger partial charge on any atom is -0.451 e. The largest absolute Gasteiger partial charge is 0.451 e. The van der Waals surface area contributed by atoms with Gasteiger partial charge in [-0.05, 0) is 12.2 Å². The standard InChI is InChI=1S/C8H4F2N2O2S/c9-2-3(10)6-7(14-1-13-6)5-4(2)11-8(15)12-5/h1H2,(H2,11,12,15). The molecule has 0 saturated carbocycles. The Hall–Kier alpha value is -1.63. The van der Waals surface area contributed by atoms with Crippen molar-refractivity contribution in [2.75, 3.05) is 6.79 Å². The molecule has 0 unspecified atom stereocenters. The maximum atomic E-state index is 13.5. The van der Waals surface area contributed by atoms with Crippen LogP contribution in [0.2, 0.25) is 0 Å². The zero-order chi connectivity index (χ0) is 10.6. The summed E-state index contributed by atoms with van der Waals surface area (Å²) in [5.74, 6) is -2.16. The van der Waals surface area contributed by atoms with Crippen LogP contribution in [-0.2, 0) is 0 Å². The Labute approximate surface area is 86.8 Å². The average Bonchev–Trinajstić information content (AvgIpc) is 2.79. The lowest BCUT2D eigenvalue weighted by molar-refractivity contribution is 0.171. The summed E-state index contributed by atoms with van der Waals surface area (Å²) in [6, 6.07) is 0. The molecule has 0 amide bonds. The van der Waals surface area contributed by atoms with Gasteiger partial charge in [-0.15, -0.1) is 0 Å². The van der Waals surface area contributed by atoms with Gasteiger partial charge in [0.25, 0.3) is 0 Å². The van der Waals surface area contributed by atoms with E-state index in [0.717, 1.165) is 0 Å². The summed E-state index contributed by atoms with van der Waals surface area (Å²) < 4.78 is 36.9. The van der Waals surface area contributed by atoms with Crippen LogP contribution in [0.1, 0.15) is 0 Å². The number of fused-ring (bicyclic) bond motifs is 3. The highest BCUT2D eigenvalue weighted by molar-refractivity contribution is 7.71. The van der Waals surface area contributed by atoms with Crippen LogP contribution >= 0.6 is 12.2 Å². The normalized spacial score (nSPS) is 13.7. The minimum absolute atomic E-state index is 0.0400. The Morgan fingerprint density at radius 2 is 1.67 bits per heavy atom. The molecule has 7 heteroatoms. The molecular formula is C8H4F2N2O2S. The second-order valence-electron chi connectivity index (χ2n) is 3.02. The molecular weight excluding hydrogens is 226 g/mol. The summed E-state index contributed by atoms with van der Waals surface area (Å²) in [6.07, 6.45) is 0. The number of imidazole rings is 1. The van der Waals surface area contributed by atoms with Crippen molar-refractivity contribution < 1.29 is 18.3 Å². The monoisotopic (exact) mass is 230 g/mol. The summed E-state index contributed by atoms with van der Waals surface area (Å²) in [6.45, 7) is -0.128. The predicted molar refractivity (Wildman–Crippen MR) is 49.5 cm³/mol. The summed E-state index contributed by atoms with van der Waals surface area (Å²) in [5.41, 5.74) is 0.244. The molecule has 2 N–H and O–H groups in total. The second kappa shape index (κ2) is 2.69. The van der Waals surface area contributed by atoms with E-state index < -0.39 is 11.6 Å². The third-order valence-electron chi connectivity index (χ3n) is 2.18. The van der Waals surface area contributed by atoms with E-state index in [0.29, 0.717) is 0 Å². The van der Waals surface area contributed by atoms with Crippen molar-refractivity contribution in [2.24, 2.45) is 0 Å². The van der Waals surface area contributed by atoms with Gasteiger partial charge in [-0.3, -0.25) is 0 Å². The molecule has 15 heavy (non-hydrogen) atoms. The van der Waals surface area contributed by atoms with Gasteiger partial charge in [0.2, 0.25) is 18.4 Å². The van der Waals surface area contributed by atoms with Crippen LogP contribution in [0.5, 0.6) is 11.5 Å². The van der Waals surface area contributed by atoms with Gasteiger partial charge < -0.3 is 19.4 Å². The smallest absolute Gasteiger partial charge is 0.231 e. The summed E-state index contributed by atoms with van der Waals surface area (Å²) in [4.78, 5) is 5.18. The summed E-state index contributed by atoms with van der Waals surface area (Å²) >= 11 is 4.79. The maximum absolute atomic E-state index is 13.5. The first-order valence-corrected chi connectivity index (χ1v) is 4.48. The molecule has 0 spiro atoms. The Kier molecular flexibility index (Phi) is 1.55. The molecule has 2 aromatic rings. The highest BCUT2D eigenvalue weighted by atomic mass is 32.1. The molecule has 0 aliphatic carbocycles. The van der Waals surface area contributed by atoms with Gasteiger partial charge >= 0.3 is 0 Å². The van der Waals surface area contributed by atoms with Crippen LogP contribution in [0.15, 0.2) is 0 Å². The molecule has 2 heterocycles. The van der Waals surface area contributed by atoms with Crippen molar-refractivity contribution in [1.29, 1.82) is 0 Å². The fourth-order valence-electron chi connectivity index (χ4n) is 1.55. The lowest BCUT2D eigenvalue weighted by Crippen LogP contribution is -1.94. The first-order valence-electron chi connectivity index (χ1n) is 4.07. The van der Waals surface area contributed by atoms with E-state index >= 15 is 0 Å². The van der Waals surface area contributed by atoms with Crippen molar-refractivity contribution in [1.82, 2.24) is 9.97 Å². The van der Waals surface area contributed by atoms with Gasteiger partial charge in [0.15, 0.2) is 16.3 Å². The number of aromatic nitrogens is 2. The Morgan fingerprint density at radius 1 is 1.00 bits per heavy atom. The molecule has 78 valence electrons. The van der Waals surface area contributed by atoms with Gasteiger partial charge in [-0.1, -0.05) is 0 Å². The fourth-order valence-corrected chi connectivity index (χ4v) is 1.76. The van der Waals surface area contributed by atoms with Crippen LogP contribution in [-0.4, -0.2) is 16.8 Å². The number of hydrogen-bond donors (Lipinski definition) is 2. The lowest BCUT2D eigenvalue weighted by Gasteiger charge is -2.00. The number of hydrogen-bond acceptors (Lipinski definition) is 3. The van der Waals surface area contributed by atoms with Crippen LogP contribution in [0.4, 0.5) is 8.78 Å². The quantitative estimate of drug-likeness (QED) is 0.682. The van der Waals surface area contributed by atoms with Crippen LogP contribution in [0.25, 0.3) is 11.0 Å². The lowest BCUT2D eigenvalue weighted by atomic mass is 10.2. The van der Waals surface area contributed by atoms with Crippen LogP contribution in [0.3, 0.4) is 0 Å². The molecule has 3 rings (SSSR count). The topological polar surface area (TPSA) is 50.0 Å². The molecule has 1 aliphatic rings. The van der Waals surface area contributed by atoms with Crippen molar-refractivity contribution in [3.8, 4) is 11.5 Å². The number of benzene rings is 1. The predicted octanol–water partition coefficient (Wildman–Crippen LogP) is 2.23. The van der Waals surface area contributed by atoms with E-state index in [4.69, 9.17) is 21.7 Å². The van der Waals surface area contributed by atoms with E-state index in [9.17, 15) is 8.78 Å². The molecule has 1 aliphatic heterocycles. The molecule has 0 saturated heterocycles. The summed E-state index contributed by atoms with van der Waals surface area (Å²) in [7, 11) is 0. The van der Waals surface area contributed by atoms with E-state index in [1.807, 2.05) is 0 Å². The van der Waals surface area contributed by atoms with Crippen molar-refractivity contribution in [3.63, 3.8) is 0 Å². The molecule has 0 atom stereocenters. The van der Waals surface area contributed by atoms with E-state index in [-0.39, 0.29) is 34.1 Å². The molecule has 0 fully saturated rings. The number of nitrogens with one attached hydrogen (secondary N) is 2. The number of aromatic amines is 2. The molecule has 1 aromatic carbocycles. The summed E-state index contributed by atoms with van der Waals surface area (Å²) in [5, 5.41) is 0. The average molecular weight is 230 g/mol. The molecule has 4 nitrogen and oxygen atoms in total. The zero-order valence-electron chi connectivity index (χ0n) is 7.19. The van der Waals surface area contributed by atoms with Gasteiger partial charge in [-0.2, -0.15) is 4.39 Å². The number of ether oxygens (including phenoxy) is 2.